The number of fused-ring (bicyclic) bond motifs is 1. The van der Waals surface area contributed by atoms with Crippen LogP contribution in [0.5, 0.6) is 11.5 Å². The van der Waals surface area contributed by atoms with Gasteiger partial charge in [-0.2, -0.15) is 10.2 Å². The monoisotopic (exact) mass is 462 g/mol. The maximum Gasteiger partial charge on any atom is 0.291 e. The van der Waals surface area contributed by atoms with E-state index in [4.69, 9.17) is 4.74 Å². The molecule has 0 bridgehead atoms. The van der Waals surface area contributed by atoms with E-state index < -0.39 is 5.91 Å². The molecule has 5 rings (SSSR count). The SMILES string of the molecule is COc1cccc(/C=N\NC(=O)c2cc(-c3cccc4ccccc34)n(-c3ccccc3)n2)c1O. The summed E-state index contributed by atoms with van der Waals surface area (Å²) in [5.41, 5.74) is 5.70. The quantitative estimate of drug-likeness (QED) is 0.269. The van der Waals surface area contributed by atoms with E-state index in [-0.39, 0.29) is 11.4 Å². The number of methoxy groups -OCH3 is 1. The highest BCUT2D eigenvalue weighted by Crippen LogP contribution is 2.31. The summed E-state index contributed by atoms with van der Waals surface area (Å²) in [6.07, 6.45) is 1.36. The van der Waals surface area contributed by atoms with Crippen LogP contribution < -0.4 is 10.2 Å². The van der Waals surface area contributed by atoms with Gasteiger partial charge in [0.1, 0.15) is 0 Å². The molecule has 0 fully saturated rings. The molecule has 0 saturated heterocycles. The maximum absolute atomic E-state index is 12.9. The summed E-state index contributed by atoms with van der Waals surface area (Å²) in [7, 11) is 1.47. The molecule has 4 aromatic carbocycles. The summed E-state index contributed by atoms with van der Waals surface area (Å²) in [6, 6.07) is 30.6. The van der Waals surface area contributed by atoms with Crippen molar-refractivity contribution in [3.8, 4) is 28.4 Å². The van der Waals surface area contributed by atoms with Gasteiger partial charge < -0.3 is 9.84 Å². The van der Waals surface area contributed by atoms with Crippen molar-refractivity contribution in [1.82, 2.24) is 15.2 Å². The first kappa shape index (κ1) is 21.9. The minimum absolute atomic E-state index is 0.0559. The molecule has 7 heteroatoms. The number of phenols is 1. The van der Waals surface area contributed by atoms with Crippen molar-refractivity contribution < 1.29 is 14.6 Å². The molecule has 0 atom stereocenters. The van der Waals surface area contributed by atoms with Gasteiger partial charge in [-0.05, 0) is 41.1 Å². The second-order valence-corrected chi connectivity index (χ2v) is 7.79. The van der Waals surface area contributed by atoms with Crippen molar-refractivity contribution >= 4 is 22.9 Å². The topological polar surface area (TPSA) is 88.7 Å². The molecule has 0 saturated carbocycles. The Hall–Kier alpha value is -4.91. The van der Waals surface area contributed by atoms with Crippen molar-refractivity contribution in [3.63, 3.8) is 0 Å². The first-order valence-corrected chi connectivity index (χ1v) is 11.0. The molecule has 0 radical (unpaired) electrons. The number of hydrogen-bond donors (Lipinski definition) is 2. The van der Waals surface area contributed by atoms with Crippen LogP contribution in [-0.2, 0) is 0 Å². The van der Waals surface area contributed by atoms with Crippen LogP contribution in [0.4, 0.5) is 0 Å². The fourth-order valence-corrected chi connectivity index (χ4v) is 3.92. The van der Waals surface area contributed by atoms with E-state index in [2.05, 4.69) is 33.8 Å². The number of nitrogens with zero attached hydrogens (tertiary/aromatic N) is 3. The summed E-state index contributed by atoms with van der Waals surface area (Å²) < 4.78 is 6.86. The number of benzene rings is 4. The highest BCUT2D eigenvalue weighted by atomic mass is 16.5. The Morgan fingerprint density at radius 2 is 1.71 bits per heavy atom. The van der Waals surface area contributed by atoms with Crippen LogP contribution >= 0.6 is 0 Å². The number of para-hydroxylation sites is 2. The third-order valence-corrected chi connectivity index (χ3v) is 5.63. The molecule has 1 amide bonds. The standard InChI is InChI=1S/C28H22N4O3/c1-35-26-16-8-11-20(27(26)33)18-29-30-28(34)24-17-25(32(31-24)21-12-3-2-4-13-21)23-15-7-10-19-9-5-6-14-22(19)23/h2-18,33H,1H3,(H,30,34)/b29-18-. The van der Waals surface area contributed by atoms with Crippen molar-refractivity contribution in [2.24, 2.45) is 5.10 Å². The van der Waals surface area contributed by atoms with Gasteiger partial charge in [0.25, 0.3) is 5.91 Å². The molecule has 35 heavy (non-hydrogen) atoms. The summed E-state index contributed by atoms with van der Waals surface area (Å²) in [5.74, 6) is -0.207. The van der Waals surface area contributed by atoms with Crippen LogP contribution in [0.2, 0.25) is 0 Å². The fraction of sp³-hybridized carbons (Fsp3) is 0.0357. The first-order chi connectivity index (χ1) is 17.2. The predicted molar refractivity (Wildman–Crippen MR) is 136 cm³/mol. The highest BCUT2D eigenvalue weighted by Gasteiger charge is 2.18. The minimum Gasteiger partial charge on any atom is -0.504 e. The van der Waals surface area contributed by atoms with Crippen molar-refractivity contribution in [3.05, 3.63) is 108 Å². The second kappa shape index (κ2) is 9.52. The van der Waals surface area contributed by atoms with Crippen LogP contribution in [0.25, 0.3) is 27.7 Å². The zero-order valence-corrected chi connectivity index (χ0v) is 18.9. The maximum atomic E-state index is 12.9. The Kier molecular flexibility index (Phi) is 5.96. The molecule has 0 aliphatic carbocycles. The number of rotatable bonds is 6. The lowest BCUT2D eigenvalue weighted by atomic mass is 10.0. The van der Waals surface area contributed by atoms with Gasteiger partial charge in [0.05, 0.1) is 24.7 Å². The van der Waals surface area contributed by atoms with E-state index in [0.29, 0.717) is 11.3 Å². The van der Waals surface area contributed by atoms with E-state index in [0.717, 1.165) is 27.7 Å². The van der Waals surface area contributed by atoms with Crippen molar-refractivity contribution in [2.45, 2.75) is 0 Å². The average Bonchev–Trinajstić information content (AvgIpc) is 3.35. The fourth-order valence-electron chi connectivity index (χ4n) is 3.92. The van der Waals surface area contributed by atoms with Gasteiger partial charge in [-0.3, -0.25) is 4.79 Å². The molecule has 2 N–H and O–H groups in total. The molecule has 1 aromatic heterocycles. The van der Waals surface area contributed by atoms with E-state index in [1.165, 1.54) is 13.3 Å². The number of hydrazone groups is 1. The molecule has 5 aromatic rings. The van der Waals surface area contributed by atoms with Crippen LogP contribution in [0.3, 0.4) is 0 Å². The summed E-state index contributed by atoms with van der Waals surface area (Å²) in [5, 5.41) is 21.0. The molecule has 7 nitrogen and oxygen atoms in total. The molecule has 1 heterocycles. The Bertz CT molecular complexity index is 1540. The highest BCUT2D eigenvalue weighted by molar-refractivity contribution is 5.99. The number of ether oxygens (including phenoxy) is 1. The predicted octanol–water partition coefficient (Wildman–Crippen LogP) is 5.17. The van der Waals surface area contributed by atoms with Crippen LogP contribution in [0.15, 0.2) is 102 Å². The molecule has 0 unspecified atom stereocenters. The molecule has 172 valence electrons. The van der Waals surface area contributed by atoms with Crippen LogP contribution in [-0.4, -0.2) is 34.1 Å². The normalized spacial score (nSPS) is 11.1. The lowest BCUT2D eigenvalue weighted by molar-refractivity contribution is 0.0949. The summed E-state index contributed by atoms with van der Waals surface area (Å²) in [4.78, 5) is 12.9. The van der Waals surface area contributed by atoms with Crippen LogP contribution in [0.1, 0.15) is 16.1 Å². The Morgan fingerprint density at radius 1 is 0.971 bits per heavy atom. The smallest absolute Gasteiger partial charge is 0.291 e. The molecule has 0 aliphatic rings. The van der Waals surface area contributed by atoms with E-state index in [1.807, 2.05) is 54.6 Å². The number of aromatic nitrogens is 2. The van der Waals surface area contributed by atoms with E-state index >= 15 is 0 Å². The lowest BCUT2D eigenvalue weighted by Crippen LogP contribution is -2.18. The zero-order valence-electron chi connectivity index (χ0n) is 18.9. The van der Waals surface area contributed by atoms with Gasteiger partial charge in [0, 0.05) is 11.1 Å². The lowest BCUT2D eigenvalue weighted by Gasteiger charge is -2.10. The Balaban J connectivity index is 1.51. The number of phenolic OH excluding ortho intramolecular Hbond substituents is 1. The third-order valence-electron chi connectivity index (χ3n) is 5.63. The van der Waals surface area contributed by atoms with E-state index in [9.17, 15) is 9.90 Å². The van der Waals surface area contributed by atoms with Crippen molar-refractivity contribution in [1.29, 1.82) is 0 Å². The summed E-state index contributed by atoms with van der Waals surface area (Å²) >= 11 is 0. The summed E-state index contributed by atoms with van der Waals surface area (Å²) in [6.45, 7) is 0. The van der Waals surface area contributed by atoms with Crippen molar-refractivity contribution in [2.75, 3.05) is 7.11 Å². The minimum atomic E-state index is -0.472. The van der Waals surface area contributed by atoms with Crippen LogP contribution in [0, 0.1) is 0 Å². The number of carbonyl (C=O) groups is 1. The Labute approximate surface area is 201 Å². The number of carbonyl (C=O) groups excluding carboxylic acids is 1. The number of aromatic hydroxyl groups is 1. The van der Waals surface area contributed by atoms with Gasteiger partial charge in [-0.15, -0.1) is 0 Å². The molecule has 0 aliphatic heterocycles. The van der Waals surface area contributed by atoms with Gasteiger partial charge in [-0.25, -0.2) is 10.1 Å². The average molecular weight is 463 g/mol. The number of nitrogens with one attached hydrogen (secondary N) is 1. The molecule has 0 spiro atoms. The van der Waals surface area contributed by atoms with E-state index in [1.54, 1.807) is 28.9 Å². The Morgan fingerprint density at radius 3 is 2.54 bits per heavy atom. The first-order valence-electron chi connectivity index (χ1n) is 11.0. The van der Waals surface area contributed by atoms with Gasteiger partial charge in [0.15, 0.2) is 17.2 Å². The molecular weight excluding hydrogens is 440 g/mol. The largest absolute Gasteiger partial charge is 0.504 e. The number of hydrogen-bond acceptors (Lipinski definition) is 5. The second-order valence-electron chi connectivity index (χ2n) is 7.79. The third kappa shape index (κ3) is 4.35. The van der Waals surface area contributed by atoms with Gasteiger partial charge in [0.2, 0.25) is 0 Å². The zero-order chi connectivity index (χ0) is 24.2. The number of amides is 1. The molecular formula is C28H22N4O3. The van der Waals surface area contributed by atoms with Gasteiger partial charge in [-0.1, -0.05) is 66.7 Å². The van der Waals surface area contributed by atoms with Gasteiger partial charge >= 0.3 is 0 Å².